The number of hydrogen-bond donors (Lipinski definition) is 1. The lowest BCUT2D eigenvalue weighted by molar-refractivity contribution is -0.142. The van der Waals surface area contributed by atoms with E-state index in [4.69, 9.17) is 9.47 Å². The van der Waals surface area contributed by atoms with Crippen LogP contribution in [0.25, 0.3) is 0 Å². The second-order valence-electron chi connectivity index (χ2n) is 7.74. The van der Waals surface area contributed by atoms with Crippen LogP contribution in [0.4, 0.5) is 0 Å². The van der Waals surface area contributed by atoms with Gasteiger partial charge in [-0.1, -0.05) is 31.0 Å². The Morgan fingerprint density at radius 2 is 2.00 bits per heavy atom. The molecule has 1 spiro atoms. The first-order chi connectivity index (χ1) is 12.1. The van der Waals surface area contributed by atoms with E-state index < -0.39 is 5.54 Å². The van der Waals surface area contributed by atoms with E-state index in [1.54, 1.807) is 0 Å². The third-order valence-electron chi connectivity index (χ3n) is 6.28. The van der Waals surface area contributed by atoms with Crippen molar-refractivity contribution >= 4 is 11.9 Å². The average molecular weight is 343 g/mol. The van der Waals surface area contributed by atoms with Crippen molar-refractivity contribution in [3.05, 3.63) is 29.8 Å². The molecule has 0 saturated heterocycles. The Morgan fingerprint density at radius 3 is 2.76 bits per heavy atom. The number of fused-ring (bicyclic) bond motifs is 2. The van der Waals surface area contributed by atoms with Crippen molar-refractivity contribution in [1.82, 2.24) is 5.32 Å². The molecule has 1 heterocycles. The molecule has 134 valence electrons. The van der Waals surface area contributed by atoms with Gasteiger partial charge in [-0.2, -0.15) is 0 Å². The van der Waals surface area contributed by atoms with Gasteiger partial charge in [-0.15, -0.1) is 0 Å². The van der Waals surface area contributed by atoms with E-state index in [1.807, 2.05) is 18.2 Å². The number of benzene rings is 1. The number of carbonyl (C=O) groups excluding carboxylic acids is 2. The molecule has 0 aromatic heterocycles. The molecule has 25 heavy (non-hydrogen) atoms. The second-order valence-corrected chi connectivity index (χ2v) is 7.74. The molecule has 1 aromatic carbocycles. The summed E-state index contributed by atoms with van der Waals surface area (Å²) in [5.41, 5.74) is 0.664. The summed E-state index contributed by atoms with van der Waals surface area (Å²) in [7, 11) is 1.40. The zero-order chi connectivity index (χ0) is 17.5. The van der Waals surface area contributed by atoms with Crippen LogP contribution in [-0.2, 0) is 19.7 Å². The minimum absolute atomic E-state index is 0.0207. The molecule has 1 aliphatic heterocycles. The molecule has 1 aromatic rings. The van der Waals surface area contributed by atoms with Crippen molar-refractivity contribution < 1.29 is 19.1 Å². The van der Waals surface area contributed by atoms with E-state index in [0.29, 0.717) is 6.61 Å². The molecule has 0 unspecified atom stereocenters. The highest BCUT2D eigenvalue weighted by molar-refractivity contribution is 5.86. The highest BCUT2D eigenvalue weighted by Crippen LogP contribution is 2.60. The summed E-state index contributed by atoms with van der Waals surface area (Å²) in [5.74, 6) is 0.730. The number of ether oxygens (including phenoxy) is 2. The van der Waals surface area contributed by atoms with Crippen molar-refractivity contribution in [3.8, 4) is 5.75 Å². The van der Waals surface area contributed by atoms with Crippen LogP contribution in [0.5, 0.6) is 5.75 Å². The Kier molecular flexibility index (Phi) is 3.97. The SMILES string of the molecule is COC(=O)CC1(NC(=O)[C@H]2C[C@]23CCOc2ccccc23)CCCC1. The first-order valence-corrected chi connectivity index (χ1v) is 9.20. The fraction of sp³-hybridized carbons (Fsp3) is 0.600. The molecule has 1 N–H and O–H groups in total. The fourth-order valence-corrected chi connectivity index (χ4v) is 4.80. The van der Waals surface area contributed by atoms with Crippen molar-refractivity contribution in [3.63, 3.8) is 0 Å². The van der Waals surface area contributed by atoms with Crippen LogP contribution in [0.1, 0.15) is 50.5 Å². The molecule has 0 radical (unpaired) electrons. The van der Waals surface area contributed by atoms with Crippen molar-refractivity contribution in [2.45, 2.75) is 55.9 Å². The minimum Gasteiger partial charge on any atom is -0.493 e. The van der Waals surface area contributed by atoms with Crippen molar-refractivity contribution in [2.24, 2.45) is 5.92 Å². The van der Waals surface area contributed by atoms with Gasteiger partial charge in [0.25, 0.3) is 0 Å². The molecular formula is C20H25NO4. The van der Waals surface area contributed by atoms with Gasteiger partial charge in [0.1, 0.15) is 5.75 Å². The highest BCUT2D eigenvalue weighted by atomic mass is 16.5. The van der Waals surface area contributed by atoms with Gasteiger partial charge in [0.2, 0.25) is 5.91 Å². The van der Waals surface area contributed by atoms with Crippen LogP contribution in [0.2, 0.25) is 0 Å². The number of methoxy groups -OCH3 is 1. The summed E-state index contributed by atoms with van der Waals surface area (Å²) in [5, 5.41) is 3.24. The molecule has 0 bridgehead atoms. The molecule has 5 heteroatoms. The Hall–Kier alpha value is -2.04. The largest absolute Gasteiger partial charge is 0.493 e. The van der Waals surface area contributed by atoms with Crippen LogP contribution in [-0.4, -0.2) is 31.1 Å². The smallest absolute Gasteiger partial charge is 0.307 e. The predicted octanol–water partition coefficient (Wildman–Crippen LogP) is 2.72. The summed E-state index contributed by atoms with van der Waals surface area (Å²) in [6.45, 7) is 0.661. The van der Waals surface area contributed by atoms with Crippen LogP contribution in [0.3, 0.4) is 0 Å². The van der Waals surface area contributed by atoms with Crippen LogP contribution in [0, 0.1) is 5.92 Å². The van der Waals surface area contributed by atoms with Gasteiger partial charge >= 0.3 is 5.97 Å². The Morgan fingerprint density at radius 1 is 1.24 bits per heavy atom. The topological polar surface area (TPSA) is 64.6 Å². The number of nitrogens with one attached hydrogen (secondary N) is 1. The van der Waals surface area contributed by atoms with E-state index in [9.17, 15) is 9.59 Å². The summed E-state index contributed by atoms with van der Waals surface area (Å²) in [6, 6.07) is 8.05. The van der Waals surface area contributed by atoms with Gasteiger partial charge in [0.05, 0.1) is 25.7 Å². The highest BCUT2D eigenvalue weighted by Gasteiger charge is 2.61. The normalized spacial score (nSPS) is 28.8. The van der Waals surface area contributed by atoms with E-state index in [2.05, 4.69) is 11.4 Å². The first-order valence-electron chi connectivity index (χ1n) is 9.20. The quantitative estimate of drug-likeness (QED) is 0.854. The first kappa shape index (κ1) is 16.4. The van der Waals surface area contributed by atoms with E-state index >= 15 is 0 Å². The molecule has 2 fully saturated rings. The Bertz CT molecular complexity index is 695. The monoisotopic (exact) mass is 343 g/mol. The lowest BCUT2D eigenvalue weighted by Gasteiger charge is -2.31. The second kappa shape index (κ2) is 6.04. The Balaban J connectivity index is 1.51. The van der Waals surface area contributed by atoms with Crippen molar-refractivity contribution in [1.29, 1.82) is 0 Å². The van der Waals surface area contributed by atoms with E-state index in [0.717, 1.165) is 49.8 Å². The maximum Gasteiger partial charge on any atom is 0.307 e. The molecule has 2 saturated carbocycles. The van der Waals surface area contributed by atoms with Gasteiger partial charge in [-0.3, -0.25) is 9.59 Å². The zero-order valence-corrected chi connectivity index (χ0v) is 14.7. The summed E-state index contributed by atoms with van der Waals surface area (Å²) in [6.07, 6.45) is 5.82. The molecular weight excluding hydrogens is 318 g/mol. The number of hydrogen-bond acceptors (Lipinski definition) is 4. The van der Waals surface area contributed by atoms with Crippen molar-refractivity contribution in [2.75, 3.05) is 13.7 Å². The number of carbonyl (C=O) groups is 2. The summed E-state index contributed by atoms with van der Waals surface area (Å²) < 4.78 is 10.6. The average Bonchev–Trinajstić information content (AvgIpc) is 3.16. The molecule has 2 aliphatic carbocycles. The summed E-state index contributed by atoms with van der Waals surface area (Å²) >= 11 is 0. The van der Waals surface area contributed by atoms with Gasteiger partial charge in [0, 0.05) is 16.9 Å². The minimum atomic E-state index is -0.418. The van der Waals surface area contributed by atoms with Gasteiger partial charge in [-0.25, -0.2) is 0 Å². The summed E-state index contributed by atoms with van der Waals surface area (Å²) in [4.78, 5) is 24.8. The lowest BCUT2D eigenvalue weighted by Crippen LogP contribution is -2.49. The Labute approximate surface area is 148 Å². The molecule has 5 nitrogen and oxygen atoms in total. The van der Waals surface area contributed by atoms with Gasteiger partial charge in [-0.05, 0) is 31.7 Å². The van der Waals surface area contributed by atoms with Crippen LogP contribution in [0.15, 0.2) is 24.3 Å². The van der Waals surface area contributed by atoms with Gasteiger partial charge < -0.3 is 14.8 Å². The number of para-hydroxylation sites is 1. The molecule has 3 aliphatic rings. The number of rotatable bonds is 4. The third kappa shape index (κ3) is 2.79. The number of amides is 1. The zero-order valence-electron chi connectivity index (χ0n) is 14.7. The maximum atomic E-state index is 13.0. The van der Waals surface area contributed by atoms with E-state index in [-0.39, 0.29) is 29.6 Å². The molecule has 4 rings (SSSR count). The maximum absolute atomic E-state index is 13.0. The number of esters is 1. The van der Waals surface area contributed by atoms with Crippen LogP contribution < -0.4 is 10.1 Å². The lowest BCUT2D eigenvalue weighted by atomic mass is 9.86. The molecule has 2 atom stereocenters. The molecule has 1 amide bonds. The van der Waals surface area contributed by atoms with E-state index in [1.165, 1.54) is 7.11 Å². The third-order valence-corrected chi connectivity index (χ3v) is 6.28. The predicted molar refractivity (Wildman–Crippen MR) is 92.3 cm³/mol. The standard InChI is InChI=1S/C20H25NO4/c1-24-17(22)13-19(8-4-5-9-19)21-18(23)15-12-20(15)10-11-25-16-7-3-2-6-14(16)20/h2-3,6-7,15H,4-5,8-13H2,1H3,(H,21,23)/t15-,20+/m1/s1. The fourth-order valence-electron chi connectivity index (χ4n) is 4.80. The van der Waals surface area contributed by atoms with Crippen LogP contribution >= 0.6 is 0 Å². The van der Waals surface area contributed by atoms with Gasteiger partial charge in [0.15, 0.2) is 0 Å².